The number of aryl methyl sites for hydroxylation is 1. The minimum atomic E-state index is -0.657. The van der Waals surface area contributed by atoms with Crippen molar-refractivity contribution in [3.63, 3.8) is 0 Å². The highest BCUT2D eigenvalue weighted by Gasteiger charge is 2.10. The summed E-state index contributed by atoms with van der Waals surface area (Å²) in [7, 11) is 1.59. The van der Waals surface area contributed by atoms with Gasteiger partial charge in [0.05, 0.1) is 13.3 Å². The maximum Gasteiger partial charge on any atom is 0.347 e. The van der Waals surface area contributed by atoms with Gasteiger partial charge in [0.1, 0.15) is 5.75 Å². The zero-order chi connectivity index (χ0) is 18.8. The second kappa shape index (κ2) is 9.98. The molecule has 136 valence electrons. The van der Waals surface area contributed by atoms with E-state index >= 15 is 0 Å². The molecule has 0 heterocycles. The van der Waals surface area contributed by atoms with Gasteiger partial charge in [0.2, 0.25) is 6.61 Å². The number of esters is 1. The molecule has 0 aliphatic carbocycles. The Morgan fingerprint density at radius 3 is 2.31 bits per heavy atom. The van der Waals surface area contributed by atoms with Crippen LogP contribution >= 0.6 is 0 Å². The lowest BCUT2D eigenvalue weighted by molar-refractivity contribution is -0.147. The summed E-state index contributed by atoms with van der Waals surface area (Å²) < 4.78 is 9.94. The van der Waals surface area contributed by atoms with Crippen LogP contribution in [0.2, 0.25) is 0 Å². The molecular weight excluding hydrogens is 334 g/mol. The highest BCUT2D eigenvalue weighted by Crippen LogP contribution is 2.10. The summed E-state index contributed by atoms with van der Waals surface area (Å²) >= 11 is 0. The van der Waals surface area contributed by atoms with Gasteiger partial charge in [-0.05, 0) is 41.8 Å². The van der Waals surface area contributed by atoms with Crippen molar-refractivity contribution in [2.75, 3.05) is 20.3 Å². The van der Waals surface area contributed by atoms with Crippen LogP contribution in [0.1, 0.15) is 28.4 Å². The third-order valence-corrected chi connectivity index (χ3v) is 3.62. The van der Waals surface area contributed by atoms with Crippen molar-refractivity contribution < 1.29 is 23.9 Å². The average molecular weight is 355 g/mol. The Labute approximate surface area is 152 Å². The fourth-order valence-electron chi connectivity index (χ4n) is 2.08. The Hall–Kier alpha value is -3.15. The van der Waals surface area contributed by atoms with Gasteiger partial charge in [-0.2, -0.15) is 0 Å². The fraction of sp³-hybridized carbons (Fsp3) is 0.250. The van der Waals surface area contributed by atoms with Gasteiger partial charge < -0.3 is 14.3 Å². The highest BCUT2D eigenvalue weighted by atomic mass is 16.7. The molecule has 0 aliphatic rings. The summed E-state index contributed by atoms with van der Waals surface area (Å²) in [6.07, 6.45) is 2.37. The van der Waals surface area contributed by atoms with Crippen molar-refractivity contribution in [2.24, 2.45) is 5.16 Å². The first kappa shape index (κ1) is 19.2. The van der Waals surface area contributed by atoms with Gasteiger partial charge in [-0.3, -0.25) is 4.79 Å². The van der Waals surface area contributed by atoms with Gasteiger partial charge >= 0.3 is 5.97 Å². The summed E-state index contributed by atoms with van der Waals surface area (Å²) in [5, 5.41) is 3.69. The smallest absolute Gasteiger partial charge is 0.347 e. The Bertz CT molecular complexity index is 751. The number of hydrogen-bond acceptors (Lipinski definition) is 6. The molecule has 0 aliphatic heterocycles. The van der Waals surface area contributed by atoms with Gasteiger partial charge in [0.15, 0.2) is 12.4 Å². The number of Topliss-reactive ketones (excluding diaryl/α,β-unsaturated/α-hetero) is 1. The van der Waals surface area contributed by atoms with Crippen molar-refractivity contribution in [1.29, 1.82) is 0 Å². The second-order valence-electron chi connectivity index (χ2n) is 5.42. The number of rotatable bonds is 9. The van der Waals surface area contributed by atoms with Crippen LogP contribution in [0.5, 0.6) is 5.75 Å². The molecule has 0 amide bonds. The number of carbonyl (C=O) groups is 2. The van der Waals surface area contributed by atoms with Crippen LogP contribution in [0.3, 0.4) is 0 Å². The summed E-state index contributed by atoms with van der Waals surface area (Å²) in [6, 6.07) is 14.4. The van der Waals surface area contributed by atoms with E-state index in [4.69, 9.17) is 14.3 Å². The summed E-state index contributed by atoms with van der Waals surface area (Å²) in [5.74, 6) is -0.182. The molecule has 0 radical (unpaired) electrons. The predicted octanol–water partition coefficient (Wildman–Crippen LogP) is 3.03. The van der Waals surface area contributed by atoms with E-state index in [2.05, 4.69) is 5.16 Å². The lowest BCUT2D eigenvalue weighted by Crippen LogP contribution is -2.17. The molecule has 0 saturated carbocycles. The van der Waals surface area contributed by atoms with Crippen LogP contribution < -0.4 is 4.74 Å². The number of hydrogen-bond donors (Lipinski definition) is 0. The maximum atomic E-state index is 12.0. The molecule has 6 nitrogen and oxygen atoms in total. The molecule has 0 atom stereocenters. The third kappa shape index (κ3) is 6.05. The monoisotopic (exact) mass is 355 g/mol. The van der Waals surface area contributed by atoms with Crippen molar-refractivity contribution in [3.05, 3.63) is 65.2 Å². The molecule has 0 fully saturated rings. The minimum Gasteiger partial charge on any atom is -0.497 e. The van der Waals surface area contributed by atoms with Crippen molar-refractivity contribution in [3.8, 4) is 5.75 Å². The molecule has 0 bridgehead atoms. The van der Waals surface area contributed by atoms with Gasteiger partial charge in [-0.25, -0.2) is 4.79 Å². The molecule has 0 saturated heterocycles. The molecule has 0 unspecified atom stereocenters. The Morgan fingerprint density at radius 1 is 1.00 bits per heavy atom. The molecule has 2 aromatic rings. The van der Waals surface area contributed by atoms with E-state index in [1.54, 1.807) is 43.5 Å². The Morgan fingerprint density at radius 2 is 1.69 bits per heavy atom. The quantitative estimate of drug-likeness (QED) is 0.299. The lowest BCUT2D eigenvalue weighted by atomic mass is 10.1. The SMILES string of the molecule is CCc1ccc(C(=O)COC(=O)CO/N=C\c2ccc(OC)cc2)cc1. The largest absolute Gasteiger partial charge is 0.497 e. The summed E-state index contributed by atoms with van der Waals surface area (Å²) in [4.78, 5) is 28.4. The average Bonchev–Trinajstić information content (AvgIpc) is 2.70. The molecule has 26 heavy (non-hydrogen) atoms. The van der Waals surface area contributed by atoms with E-state index in [1.807, 2.05) is 19.1 Å². The van der Waals surface area contributed by atoms with Crippen LogP contribution in [0, 0.1) is 0 Å². The van der Waals surface area contributed by atoms with E-state index in [1.165, 1.54) is 6.21 Å². The zero-order valence-electron chi connectivity index (χ0n) is 14.8. The number of ether oxygens (including phenoxy) is 2. The van der Waals surface area contributed by atoms with Gasteiger partial charge in [0, 0.05) is 5.56 Å². The summed E-state index contributed by atoms with van der Waals surface area (Å²) in [5.41, 5.74) is 2.44. The number of benzene rings is 2. The fourth-order valence-corrected chi connectivity index (χ4v) is 2.08. The van der Waals surface area contributed by atoms with E-state index in [0.717, 1.165) is 23.3 Å². The standard InChI is InChI=1S/C20H21NO5/c1-3-15-4-8-17(9-5-15)19(22)13-25-20(23)14-26-21-12-16-6-10-18(24-2)11-7-16/h4-12H,3,13-14H2,1-2H3/b21-12-. The van der Waals surface area contributed by atoms with Crippen molar-refractivity contribution in [1.82, 2.24) is 0 Å². The molecular formula is C20H21NO5. The van der Waals surface area contributed by atoms with E-state index in [9.17, 15) is 9.59 Å². The predicted molar refractivity (Wildman–Crippen MR) is 97.6 cm³/mol. The molecule has 0 N–H and O–H groups in total. The topological polar surface area (TPSA) is 74.2 Å². The number of ketones is 1. The molecule has 2 aromatic carbocycles. The molecule has 2 rings (SSSR count). The number of oxime groups is 1. The van der Waals surface area contributed by atoms with Gasteiger partial charge in [-0.15, -0.1) is 0 Å². The Kier molecular flexibility index (Phi) is 7.36. The molecule has 0 spiro atoms. The highest BCUT2D eigenvalue weighted by molar-refractivity contribution is 5.98. The van der Waals surface area contributed by atoms with Crippen LogP contribution in [-0.4, -0.2) is 38.3 Å². The van der Waals surface area contributed by atoms with Crippen LogP contribution in [0.15, 0.2) is 53.7 Å². The van der Waals surface area contributed by atoms with Gasteiger partial charge in [0.25, 0.3) is 0 Å². The molecule has 6 heteroatoms. The third-order valence-electron chi connectivity index (χ3n) is 3.62. The van der Waals surface area contributed by atoms with E-state index in [0.29, 0.717) is 5.56 Å². The first-order valence-corrected chi connectivity index (χ1v) is 8.19. The van der Waals surface area contributed by atoms with Gasteiger partial charge in [-0.1, -0.05) is 36.3 Å². The first-order chi connectivity index (χ1) is 12.6. The second-order valence-corrected chi connectivity index (χ2v) is 5.42. The van der Waals surface area contributed by atoms with Crippen LogP contribution in [-0.2, 0) is 20.8 Å². The van der Waals surface area contributed by atoms with E-state index < -0.39 is 5.97 Å². The lowest BCUT2D eigenvalue weighted by Gasteiger charge is -2.04. The Balaban J connectivity index is 1.70. The number of carbonyl (C=O) groups excluding carboxylic acids is 2. The van der Waals surface area contributed by atoms with Crippen LogP contribution in [0.4, 0.5) is 0 Å². The van der Waals surface area contributed by atoms with E-state index in [-0.39, 0.29) is 19.0 Å². The zero-order valence-corrected chi connectivity index (χ0v) is 14.8. The normalized spacial score (nSPS) is 10.5. The van der Waals surface area contributed by atoms with Crippen molar-refractivity contribution >= 4 is 18.0 Å². The number of nitrogens with zero attached hydrogens (tertiary/aromatic N) is 1. The summed E-state index contributed by atoms with van der Waals surface area (Å²) in [6.45, 7) is 1.35. The van der Waals surface area contributed by atoms with Crippen molar-refractivity contribution in [2.45, 2.75) is 13.3 Å². The first-order valence-electron chi connectivity index (χ1n) is 8.19. The number of methoxy groups -OCH3 is 1. The molecule has 0 aromatic heterocycles. The maximum absolute atomic E-state index is 12.0. The van der Waals surface area contributed by atoms with Crippen LogP contribution in [0.25, 0.3) is 0 Å². The minimum absolute atomic E-state index is 0.261.